The topological polar surface area (TPSA) is 80.9 Å². The van der Waals surface area contributed by atoms with Gasteiger partial charge < -0.3 is 5.11 Å². The Labute approximate surface area is 125 Å². The summed E-state index contributed by atoms with van der Waals surface area (Å²) in [4.78, 5) is 16.4. The van der Waals surface area contributed by atoms with Crippen molar-refractivity contribution in [3.8, 4) is 0 Å². The van der Waals surface area contributed by atoms with E-state index in [4.69, 9.17) is 5.11 Å². The second-order valence-electron chi connectivity index (χ2n) is 4.28. The summed E-state index contributed by atoms with van der Waals surface area (Å²) in [5, 5.41) is 18.5. The molecule has 0 bridgehead atoms. The molecular weight excluding hydrogens is 296 g/mol. The summed E-state index contributed by atoms with van der Waals surface area (Å²) in [5.41, 5.74) is 0. The van der Waals surface area contributed by atoms with Crippen molar-refractivity contribution in [2.45, 2.75) is 38.4 Å². The zero-order valence-corrected chi connectivity index (χ0v) is 13.2. The van der Waals surface area contributed by atoms with Crippen LogP contribution in [0.4, 0.5) is 0 Å². The average molecular weight is 312 g/mol. The van der Waals surface area contributed by atoms with Gasteiger partial charge in [-0.1, -0.05) is 18.7 Å². The molecule has 0 amide bonds. The smallest absolute Gasteiger partial charge is 0.313 e. The number of aryl methyl sites for hydroxylation is 2. The van der Waals surface area contributed by atoms with Gasteiger partial charge in [0.2, 0.25) is 0 Å². The number of carbonyl (C=O) groups is 1. The number of hydrogen-bond acceptors (Lipinski definition) is 6. The average Bonchev–Trinajstić information content (AvgIpc) is 3.02. The van der Waals surface area contributed by atoms with Gasteiger partial charge in [-0.2, -0.15) is 0 Å². The van der Waals surface area contributed by atoms with Gasteiger partial charge in [0, 0.05) is 11.1 Å². The van der Waals surface area contributed by atoms with Crippen LogP contribution in [0.15, 0.2) is 11.4 Å². The molecule has 0 spiro atoms. The Bertz CT molecular complexity index is 608. The van der Waals surface area contributed by atoms with Crippen molar-refractivity contribution in [1.29, 1.82) is 0 Å². The number of thiazole rings is 1. The molecule has 6 nitrogen and oxygen atoms in total. The summed E-state index contributed by atoms with van der Waals surface area (Å²) in [6.07, 6.45) is 2.85. The highest BCUT2D eigenvalue weighted by Gasteiger charge is 2.20. The minimum atomic E-state index is -0.864. The van der Waals surface area contributed by atoms with Crippen LogP contribution in [-0.4, -0.2) is 36.6 Å². The van der Waals surface area contributed by atoms with Gasteiger partial charge in [0.25, 0.3) is 0 Å². The number of aliphatic carboxylic acids is 1. The van der Waals surface area contributed by atoms with Crippen molar-refractivity contribution >= 4 is 29.1 Å². The molecule has 8 heteroatoms. The van der Waals surface area contributed by atoms with Crippen LogP contribution >= 0.6 is 23.1 Å². The van der Waals surface area contributed by atoms with Gasteiger partial charge in [0.05, 0.1) is 11.8 Å². The van der Waals surface area contributed by atoms with Gasteiger partial charge in [0.15, 0.2) is 5.16 Å². The second-order valence-corrected chi connectivity index (χ2v) is 6.37. The Morgan fingerprint density at radius 3 is 2.90 bits per heavy atom. The van der Waals surface area contributed by atoms with Crippen LogP contribution in [0.3, 0.4) is 0 Å². The summed E-state index contributed by atoms with van der Waals surface area (Å²) in [7, 11) is 0. The van der Waals surface area contributed by atoms with Crippen LogP contribution in [0.5, 0.6) is 0 Å². The number of carboxylic acid groups (broad SMARTS) is 1. The number of carboxylic acids is 1. The highest BCUT2D eigenvalue weighted by Crippen LogP contribution is 2.28. The zero-order valence-electron chi connectivity index (χ0n) is 11.5. The zero-order chi connectivity index (χ0) is 14.7. The lowest BCUT2D eigenvalue weighted by atomic mass is 10.3. The summed E-state index contributed by atoms with van der Waals surface area (Å²) >= 11 is 2.85. The van der Waals surface area contributed by atoms with E-state index in [0.717, 1.165) is 17.3 Å². The minimum Gasteiger partial charge on any atom is -0.481 e. The molecule has 2 aromatic heterocycles. The Balaban J connectivity index is 2.26. The Morgan fingerprint density at radius 1 is 1.55 bits per heavy atom. The van der Waals surface area contributed by atoms with E-state index in [2.05, 4.69) is 22.1 Å². The highest BCUT2D eigenvalue weighted by molar-refractivity contribution is 7.99. The largest absolute Gasteiger partial charge is 0.481 e. The maximum atomic E-state index is 10.7. The first-order valence-electron chi connectivity index (χ1n) is 6.23. The second kappa shape index (κ2) is 6.36. The summed E-state index contributed by atoms with van der Waals surface area (Å²) in [6.45, 7) is 5.99. The van der Waals surface area contributed by atoms with E-state index in [1.54, 1.807) is 11.3 Å². The lowest BCUT2D eigenvalue weighted by Crippen LogP contribution is -2.10. The summed E-state index contributed by atoms with van der Waals surface area (Å²) in [6, 6.07) is 0.00611. The molecule has 2 heterocycles. The third-order valence-electron chi connectivity index (χ3n) is 2.82. The molecule has 1 N–H and O–H groups in total. The van der Waals surface area contributed by atoms with E-state index in [-0.39, 0.29) is 11.8 Å². The molecule has 1 unspecified atom stereocenters. The lowest BCUT2D eigenvalue weighted by molar-refractivity contribution is -0.133. The van der Waals surface area contributed by atoms with Crippen molar-refractivity contribution in [2.24, 2.45) is 0 Å². The van der Waals surface area contributed by atoms with Crippen LogP contribution in [0.25, 0.3) is 0 Å². The third kappa shape index (κ3) is 3.18. The summed E-state index contributed by atoms with van der Waals surface area (Å²) < 4.78 is 1.94. The first kappa shape index (κ1) is 15.0. The van der Waals surface area contributed by atoms with E-state index in [1.807, 2.05) is 24.6 Å². The molecule has 108 valence electrons. The Morgan fingerprint density at radius 2 is 2.30 bits per heavy atom. The fraction of sp³-hybridized carbons (Fsp3) is 0.500. The molecule has 1 atom stereocenters. The van der Waals surface area contributed by atoms with Crippen molar-refractivity contribution in [2.75, 3.05) is 5.75 Å². The van der Waals surface area contributed by atoms with Crippen molar-refractivity contribution in [1.82, 2.24) is 19.7 Å². The number of hydrogen-bond donors (Lipinski definition) is 1. The minimum absolute atomic E-state index is 0.00611. The molecule has 0 radical (unpaired) electrons. The van der Waals surface area contributed by atoms with Gasteiger partial charge in [-0.25, -0.2) is 4.98 Å². The van der Waals surface area contributed by atoms with Crippen molar-refractivity contribution in [3.63, 3.8) is 0 Å². The van der Waals surface area contributed by atoms with E-state index >= 15 is 0 Å². The van der Waals surface area contributed by atoms with Gasteiger partial charge in [0.1, 0.15) is 10.8 Å². The molecule has 20 heavy (non-hydrogen) atoms. The molecule has 0 saturated heterocycles. The monoisotopic (exact) mass is 312 g/mol. The molecule has 0 aliphatic rings. The molecule has 0 saturated carbocycles. The van der Waals surface area contributed by atoms with E-state index in [0.29, 0.717) is 5.16 Å². The van der Waals surface area contributed by atoms with Crippen LogP contribution in [0.2, 0.25) is 0 Å². The van der Waals surface area contributed by atoms with Crippen molar-refractivity contribution < 1.29 is 9.90 Å². The molecule has 0 aliphatic heterocycles. The van der Waals surface area contributed by atoms with Crippen LogP contribution in [0, 0.1) is 6.92 Å². The van der Waals surface area contributed by atoms with E-state index < -0.39 is 5.97 Å². The Hall–Kier alpha value is -1.41. The third-order valence-corrected chi connectivity index (χ3v) is 5.06. The summed E-state index contributed by atoms with van der Waals surface area (Å²) in [5.74, 6) is -0.126. The Kier molecular flexibility index (Phi) is 4.77. The maximum absolute atomic E-state index is 10.7. The lowest BCUT2D eigenvalue weighted by Gasteiger charge is -2.14. The molecule has 2 rings (SSSR count). The maximum Gasteiger partial charge on any atom is 0.313 e. The number of aromatic nitrogens is 4. The number of rotatable bonds is 6. The first-order chi connectivity index (χ1) is 9.52. The number of thioether (sulfide) groups is 1. The number of nitrogens with zero attached hydrogens (tertiary/aromatic N) is 4. The van der Waals surface area contributed by atoms with Crippen LogP contribution in [0.1, 0.15) is 35.6 Å². The highest BCUT2D eigenvalue weighted by atomic mass is 32.2. The van der Waals surface area contributed by atoms with E-state index in [1.165, 1.54) is 16.6 Å². The van der Waals surface area contributed by atoms with Crippen LogP contribution < -0.4 is 0 Å². The van der Waals surface area contributed by atoms with Gasteiger partial charge in [-0.05, 0) is 20.3 Å². The molecular formula is C12H16N4O2S2. The predicted molar refractivity (Wildman–Crippen MR) is 78.4 cm³/mol. The van der Waals surface area contributed by atoms with Gasteiger partial charge >= 0.3 is 5.97 Å². The van der Waals surface area contributed by atoms with Gasteiger partial charge in [-0.3, -0.25) is 9.36 Å². The molecule has 0 fully saturated rings. The van der Waals surface area contributed by atoms with Crippen molar-refractivity contribution in [3.05, 3.63) is 21.9 Å². The SMILES string of the molecule is CCc1cnc(C(C)n2c(C)nnc2SCC(=O)O)s1. The quantitative estimate of drug-likeness (QED) is 0.825. The van der Waals surface area contributed by atoms with Crippen LogP contribution in [-0.2, 0) is 11.2 Å². The van der Waals surface area contributed by atoms with E-state index in [9.17, 15) is 4.79 Å². The fourth-order valence-corrected chi connectivity index (χ4v) is 3.49. The van der Waals surface area contributed by atoms with Gasteiger partial charge in [-0.15, -0.1) is 21.5 Å². The molecule has 0 aliphatic carbocycles. The predicted octanol–water partition coefficient (Wildman–Crippen LogP) is 2.39. The molecule has 2 aromatic rings. The fourth-order valence-electron chi connectivity index (χ4n) is 1.81. The standard InChI is InChI=1S/C12H16N4O2S2/c1-4-9-5-13-11(20-9)7(2)16-8(3)14-15-12(16)19-6-10(17)18/h5,7H,4,6H2,1-3H3,(H,17,18). The molecule has 0 aromatic carbocycles. The normalized spacial score (nSPS) is 12.6. The first-order valence-corrected chi connectivity index (χ1v) is 8.03.